The number of hydrogen-bond donors (Lipinski definition) is 1. The molecule has 1 heterocycles. The molecule has 0 bridgehead atoms. The molecule has 0 radical (unpaired) electrons. The Bertz CT molecular complexity index is 411. The van der Waals surface area contributed by atoms with Gasteiger partial charge in [-0.05, 0) is 33.6 Å². The van der Waals surface area contributed by atoms with Crippen LogP contribution in [0.5, 0.6) is 5.88 Å². The topological polar surface area (TPSA) is 70.3 Å². The first-order chi connectivity index (χ1) is 8.44. The van der Waals surface area contributed by atoms with Crippen molar-refractivity contribution in [3.8, 4) is 5.88 Å². The van der Waals surface area contributed by atoms with Crippen molar-refractivity contribution in [2.24, 2.45) is 0 Å². The minimum absolute atomic E-state index is 0.146. The van der Waals surface area contributed by atoms with Gasteiger partial charge in [0.1, 0.15) is 18.2 Å². The van der Waals surface area contributed by atoms with E-state index < -0.39 is 0 Å². The third-order valence-electron chi connectivity index (χ3n) is 2.55. The molecule has 0 saturated heterocycles. The fourth-order valence-electron chi connectivity index (χ4n) is 1.55. The third-order valence-corrected chi connectivity index (χ3v) is 2.55. The van der Waals surface area contributed by atoms with E-state index in [1.165, 1.54) is 0 Å². The molecule has 1 aromatic heterocycles. The van der Waals surface area contributed by atoms with E-state index in [9.17, 15) is 0 Å². The minimum atomic E-state index is -0.146. The van der Waals surface area contributed by atoms with Crippen LogP contribution in [-0.2, 0) is 4.74 Å². The number of rotatable bonds is 5. The summed E-state index contributed by atoms with van der Waals surface area (Å²) >= 11 is 0. The molecular formula is C13H21N3O2. The Hall–Kier alpha value is -1.36. The monoisotopic (exact) mass is 251 g/mol. The van der Waals surface area contributed by atoms with Crippen molar-refractivity contribution in [2.45, 2.75) is 45.1 Å². The van der Waals surface area contributed by atoms with Crippen molar-refractivity contribution in [3.63, 3.8) is 0 Å². The minimum Gasteiger partial charge on any atom is -0.475 e. The Balaban J connectivity index is 1.85. The van der Waals surface area contributed by atoms with Gasteiger partial charge in [0.05, 0.1) is 12.2 Å². The first-order valence-electron chi connectivity index (χ1n) is 6.35. The zero-order chi connectivity index (χ0) is 13.2. The van der Waals surface area contributed by atoms with Crippen molar-refractivity contribution < 1.29 is 9.47 Å². The second-order valence-corrected chi connectivity index (χ2v) is 5.57. The Morgan fingerprint density at radius 2 is 2.00 bits per heavy atom. The summed E-state index contributed by atoms with van der Waals surface area (Å²) < 4.78 is 11.1. The number of nitrogens with zero attached hydrogens (tertiary/aromatic N) is 2. The Morgan fingerprint density at radius 3 is 2.61 bits per heavy atom. The molecular weight excluding hydrogens is 230 g/mol. The molecule has 0 aliphatic heterocycles. The molecule has 0 aromatic carbocycles. The maximum absolute atomic E-state index is 5.74. The third kappa shape index (κ3) is 4.14. The van der Waals surface area contributed by atoms with Crippen LogP contribution in [0.25, 0.3) is 0 Å². The predicted molar refractivity (Wildman–Crippen MR) is 69.6 cm³/mol. The van der Waals surface area contributed by atoms with E-state index in [2.05, 4.69) is 9.97 Å². The van der Waals surface area contributed by atoms with Gasteiger partial charge >= 0.3 is 0 Å². The fraction of sp³-hybridized carbons (Fsp3) is 0.692. The second-order valence-electron chi connectivity index (χ2n) is 5.57. The molecule has 0 spiro atoms. The van der Waals surface area contributed by atoms with Crippen LogP contribution in [0.2, 0.25) is 0 Å². The van der Waals surface area contributed by atoms with Gasteiger partial charge in [-0.1, -0.05) is 0 Å². The highest BCUT2D eigenvalue weighted by Gasteiger charge is 2.27. The summed E-state index contributed by atoms with van der Waals surface area (Å²) in [5.74, 6) is 2.30. The molecule has 1 aromatic rings. The smallest absolute Gasteiger partial charge is 0.218 e. The van der Waals surface area contributed by atoms with E-state index >= 15 is 0 Å². The van der Waals surface area contributed by atoms with Crippen LogP contribution in [0.1, 0.15) is 45.4 Å². The van der Waals surface area contributed by atoms with E-state index in [1.54, 1.807) is 6.07 Å². The lowest BCUT2D eigenvalue weighted by molar-refractivity contribution is -0.0168. The summed E-state index contributed by atoms with van der Waals surface area (Å²) in [5.41, 5.74) is 5.59. The van der Waals surface area contributed by atoms with Crippen LogP contribution >= 0.6 is 0 Å². The first kappa shape index (κ1) is 13.1. The molecule has 5 heteroatoms. The van der Waals surface area contributed by atoms with Crippen LogP contribution in [0, 0.1) is 0 Å². The molecule has 1 aliphatic rings. The SMILES string of the molecule is CC(C)(C)OCCOc1cc(N)nc(C2CC2)n1. The Labute approximate surface area is 108 Å². The molecule has 100 valence electrons. The molecule has 0 amide bonds. The average Bonchev–Trinajstić information content (AvgIpc) is 3.06. The lowest BCUT2D eigenvalue weighted by Gasteiger charge is -2.19. The van der Waals surface area contributed by atoms with Crippen molar-refractivity contribution in [1.82, 2.24) is 9.97 Å². The van der Waals surface area contributed by atoms with Gasteiger partial charge in [-0.25, -0.2) is 4.98 Å². The van der Waals surface area contributed by atoms with E-state index in [4.69, 9.17) is 15.2 Å². The Morgan fingerprint density at radius 1 is 1.28 bits per heavy atom. The van der Waals surface area contributed by atoms with Crippen molar-refractivity contribution in [1.29, 1.82) is 0 Å². The van der Waals surface area contributed by atoms with Gasteiger partial charge in [0.2, 0.25) is 5.88 Å². The summed E-state index contributed by atoms with van der Waals surface area (Å²) in [7, 11) is 0. The summed E-state index contributed by atoms with van der Waals surface area (Å²) in [4.78, 5) is 8.58. The number of nitrogens with two attached hydrogens (primary N) is 1. The quantitative estimate of drug-likeness (QED) is 0.812. The van der Waals surface area contributed by atoms with Crippen LogP contribution in [0.3, 0.4) is 0 Å². The number of aromatic nitrogens is 2. The van der Waals surface area contributed by atoms with Gasteiger partial charge in [-0.15, -0.1) is 0 Å². The second kappa shape index (κ2) is 5.10. The van der Waals surface area contributed by atoms with E-state index in [1.807, 2.05) is 20.8 Å². The zero-order valence-electron chi connectivity index (χ0n) is 11.3. The summed E-state index contributed by atoms with van der Waals surface area (Å²) in [6, 6.07) is 1.66. The highest BCUT2D eigenvalue weighted by Crippen LogP contribution is 2.38. The molecule has 2 rings (SSSR count). The summed E-state index contributed by atoms with van der Waals surface area (Å²) in [6.45, 7) is 7.05. The number of ether oxygens (including phenoxy) is 2. The van der Waals surface area contributed by atoms with Crippen molar-refractivity contribution >= 4 is 5.82 Å². The largest absolute Gasteiger partial charge is 0.475 e. The first-order valence-corrected chi connectivity index (χ1v) is 6.35. The van der Waals surface area contributed by atoms with Gasteiger partial charge in [0, 0.05) is 12.0 Å². The molecule has 0 unspecified atom stereocenters. The van der Waals surface area contributed by atoms with Gasteiger partial charge in [0.15, 0.2) is 0 Å². The molecule has 1 fully saturated rings. The van der Waals surface area contributed by atoms with E-state index in [0.717, 1.165) is 18.7 Å². The highest BCUT2D eigenvalue weighted by molar-refractivity contribution is 5.34. The number of hydrogen-bond acceptors (Lipinski definition) is 5. The molecule has 1 aliphatic carbocycles. The predicted octanol–water partition coefficient (Wildman–Crippen LogP) is 2.13. The van der Waals surface area contributed by atoms with Crippen molar-refractivity contribution in [3.05, 3.63) is 11.9 Å². The summed E-state index contributed by atoms with van der Waals surface area (Å²) in [5, 5.41) is 0. The maximum atomic E-state index is 5.74. The van der Waals surface area contributed by atoms with Crippen LogP contribution in [0.15, 0.2) is 6.07 Å². The average molecular weight is 251 g/mol. The van der Waals surface area contributed by atoms with Crippen LogP contribution in [0.4, 0.5) is 5.82 Å². The normalized spacial score (nSPS) is 15.7. The molecule has 18 heavy (non-hydrogen) atoms. The number of nitrogen functional groups attached to an aromatic ring is 1. The Kier molecular flexibility index (Phi) is 3.71. The van der Waals surface area contributed by atoms with Crippen LogP contribution in [-0.4, -0.2) is 28.8 Å². The molecule has 0 atom stereocenters. The van der Waals surface area contributed by atoms with Gasteiger partial charge in [-0.3, -0.25) is 0 Å². The zero-order valence-corrected chi connectivity index (χ0v) is 11.3. The maximum Gasteiger partial charge on any atom is 0.218 e. The van der Waals surface area contributed by atoms with Gasteiger partial charge in [0.25, 0.3) is 0 Å². The molecule has 2 N–H and O–H groups in total. The fourth-order valence-corrected chi connectivity index (χ4v) is 1.55. The van der Waals surface area contributed by atoms with Crippen molar-refractivity contribution in [2.75, 3.05) is 18.9 Å². The summed E-state index contributed by atoms with van der Waals surface area (Å²) in [6.07, 6.45) is 2.30. The van der Waals surface area contributed by atoms with E-state index in [-0.39, 0.29) is 5.60 Å². The lowest BCUT2D eigenvalue weighted by atomic mass is 10.2. The number of anilines is 1. The lowest BCUT2D eigenvalue weighted by Crippen LogP contribution is -2.22. The van der Waals surface area contributed by atoms with Gasteiger partial charge < -0.3 is 15.2 Å². The highest BCUT2D eigenvalue weighted by atomic mass is 16.5. The molecule has 5 nitrogen and oxygen atoms in total. The molecule has 1 saturated carbocycles. The standard InChI is InChI=1S/C13H21N3O2/c1-13(2,3)18-7-6-17-11-8-10(14)15-12(16-11)9-4-5-9/h8-9H,4-7H2,1-3H3,(H2,14,15,16). The van der Waals surface area contributed by atoms with Crippen LogP contribution < -0.4 is 10.5 Å². The van der Waals surface area contributed by atoms with Gasteiger partial charge in [-0.2, -0.15) is 4.98 Å². The van der Waals surface area contributed by atoms with E-state index in [0.29, 0.717) is 30.8 Å².